The van der Waals surface area contributed by atoms with Crippen molar-refractivity contribution >= 4 is 5.97 Å². The molecule has 1 aromatic carbocycles. The predicted molar refractivity (Wildman–Crippen MR) is 80.7 cm³/mol. The summed E-state index contributed by atoms with van der Waals surface area (Å²) in [4.78, 5) is 13.5. The lowest BCUT2D eigenvalue weighted by Gasteiger charge is -2.37. The normalized spacial score (nSPS) is 19.1. The standard InChI is InChI=1S/C17H25NO2/c1-13(2)16(17(19)20)18-10-8-15(9-11-18)12-14-6-4-3-5-7-14/h3-7,13,15-16H,8-12H2,1-2H3,(H,19,20). The third kappa shape index (κ3) is 3.83. The molecular weight excluding hydrogens is 250 g/mol. The van der Waals surface area contributed by atoms with Crippen molar-refractivity contribution in [3.8, 4) is 0 Å². The minimum atomic E-state index is -0.679. The number of aliphatic carboxylic acids is 1. The number of hydrogen-bond acceptors (Lipinski definition) is 2. The maximum absolute atomic E-state index is 11.4. The summed E-state index contributed by atoms with van der Waals surface area (Å²) in [6, 6.07) is 10.3. The molecule has 20 heavy (non-hydrogen) atoms. The van der Waals surface area contributed by atoms with E-state index in [1.54, 1.807) is 0 Å². The Bertz CT molecular complexity index is 422. The summed E-state index contributed by atoms with van der Waals surface area (Å²) >= 11 is 0. The average molecular weight is 275 g/mol. The maximum Gasteiger partial charge on any atom is 0.321 e. The molecule has 0 saturated carbocycles. The lowest BCUT2D eigenvalue weighted by molar-refractivity contribution is -0.145. The summed E-state index contributed by atoms with van der Waals surface area (Å²) < 4.78 is 0. The first-order valence-corrected chi connectivity index (χ1v) is 7.58. The number of carboxylic acid groups (broad SMARTS) is 1. The number of nitrogens with zero attached hydrogens (tertiary/aromatic N) is 1. The van der Waals surface area contributed by atoms with Crippen LogP contribution in [0.5, 0.6) is 0 Å². The van der Waals surface area contributed by atoms with Gasteiger partial charge in [0.05, 0.1) is 0 Å². The van der Waals surface area contributed by atoms with Crippen molar-refractivity contribution in [2.24, 2.45) is 11.8 Å². The summed E-state index contributed by atoms with van der Waals surface area (Å²) in [5, 5.41) is 9.36. The van der Waals surface area contributed by atoms with Gasteiger partial charge in [0.15, 0.2) is 0 Å². The summed E-state index contributed by atoms with van der Waals surface area (Å²) in [5.74, 6) is 0.176. The van der Waals surface area contributed by atoms with Crippen LogP contribution in [0.2, 0.25) is 0 Å². The average Bonchev–Trinajstić information content (AvgIpc) is 2.41. The van der Waals surface area contributed by atoms with E-state index in [2.05, 4.69) is 29.2 Å². The third-order valence-corrected chi connectivity index (χ3v) is 4.29. The van der Waals surface area contributed by atoms with Crippen LogP contribution in [0.3, 0.4) is 0 Å². The third-order valence-electron chi connectivity index (χ3n) is 4.29. The number of rotatable bonds is 5. The van der Waals surface area contributed by atoms with Crippen LogP contribution in [0.4, 0.5) is 0 Å². The van der Waals surface area contributed by atoms with Crippen LogP contribution in [-0.4, -0.2) is 35.1 Å². The van der Waals surface area contributed by atoms with Gasteiger partial charge >= 0.3 is 5.97 Å². The van der Waals surface area contributed by atoms with Crippen molar-refractivity contribution < 1.29 is 9.90 Å². The Hall–Kier alpha value is -1.35. The van der Waals surface area contributed by atoms with E-state index in [1.165, 1.54) is 5.56 Å². The molecule has 0 radical (unpaired) electrons. The number of benzene rings is 1. The van der Waals surface area contributed by atoms with Gasteiger partial charge in [0.1, 0.15) is 6.04 Å². The lowest BCUT2D eigenvalue weighted by Crippen LogP contribution is -2.48. The molecule has 1 aliphatic heterocycles. The summed E-state index contributed by atoms with van der Waals surface area (Å²) in [5.41, 5.74) is 1.39. The zero-order chi connectivity index (χ0) is 14.5. The van der Waals surface area contributed by atoms with Gasteiger partial charge in [-0.1, -0.05) is 44.2 Å². The number of carboxylic acids is 1. The second-order valence-electron chi connectivity index (χ2n) is 6.20. The molecule has 3 heteroatoms. The second-order valence-corrected chi connectivity index (χ2v) is 6.20. The van der Waals surface area contributed by atoms with Crippen molar-refractivity contribution in [1.29, 1.82) is 0 Å². The minimum absolute atomic E-state index is 0.165. The van der Waals surface area contributed by atoms with E-state index in [0.29, 0.717) is 5.92 Å². The van der Waals surface area contributed by atoms with Gasteiger partial charge in [0.25, 0.3) is 0 Å². The molecule has 1 unspecified atom stereocenters. The molecule has 0 aliphatic carbocycles. The van der Waals surface area contributed by atoms with Gasteiger partial charge in [0, 0.05) is 0 Å². The van der Waals surface area contributed by atoms with Gasteiger partial charge < -0.3 is 5.11 Å². The van der Waals surface area contributed by atoms with Crippen molar-refractivity contribution in [2.75, 3.05) is 13.1 Å². The van der Waals surface area contributed by atoms with Gasteiger partial charge in [0.2, 0.25) is 0 Å². The number of piperidine rings is 1. The molecule has 1 saturated heterocycles. The Morgan fingerprint density at radius 2 is 1.85 bits per heavy atom. The largest absolute Gasteiger partial charge is 0.480 e. The Morgan fingerprint density at radius 3 is 2.35 bits per heavy atom. The van der Waals surface area contributed by atoms with Crippen LogP contribution in [0, 0.1) is 11.8 Å². The molecule has 1 heterocycles. The molecule has 3 nitrogen and oxygen atoms in total. The number of carbonyl (C=O) groups is 1. The first kappa shape index (κ1) is 15.0. The summed E-state index contributed by atoms with van der Waals surface area (Å²) in [6.07, 6.45) is 3.32. The molecule has 1 aliphatic rings. The van der Waals surface area contributed by atoms with Crippen molar-refractivity contribution in [3.05, 3.63) is 35.9 Å². The first-order valence-electron chi connectivity index (χ1n) is 7.58. The first-order chi connectivity index (χ1) is 9.58. The molecule has 1 N–H and O–H groups in total. The molecule has 0 amide bonds. The van der Waals surface area contributed by atoms with Crippen molar-refractivity contribution in [1.82, 2.24) is 4.90 Å². The highest BCUT2D eigenvalue weighted by atomic mass is 16.4. The smallest absolute Gasteiger partial charge is 0.321 e. The molecule has 2 rings (SSSR count). The van der Waals surface area contributed by atoms with Crippen LogP contribution in [-0.2, 0) is 11.2 Å². The van der Waals surface area contributed by atoms with Gasteiger partial charge in [-0.15, -0.1) is 0 Å². The number of likely N-dealkylation sites (tertiary alicyclic amines) is 1. The Balaban J connectivity index is 1.87. The summed E-state index contributed by atoms with van der Waals surface area (Å²) in [7, 11) is 0. The van der Waals surface area contributed by atoms with Crippen LogP contribution >= 0.6 is 0 Å². The van der Waals surface area contributed by atoms with Crippen molar-refractivity contribution in [3.63, 3.8) is 0 Å². The van der Waals surface area contributed by atoms with E-state index >= 15 is 0 Å². The van der Waals surface area contributed by atoms with Crippen LogP contribution < -0.4 is 0 Å². The topological polar surface area (TPSA) is 40.5 Å². The Kier molecular flexibility index (Phi) is 5.18. The van der Waals surface area contributed by atoms with Gasteiger partial charge in [-0.05, 0) is 49.8 Å². The second kappa shape index (κ2) is 6.89. The monoisotopic (exact) mass is 275 g/mol. The Morgan fingerprint density at radius 1 is 1.25 bits per heavy atom. The SMILES string of the molecule is CC(C)C(C(=O)O)N1CCC(Cc2ccccc2)CC1. The van der Waals surface area contributed by atoms with Crippen molar-refractivity contribution in [2.45, 2.75) is 39.2 Å². The molecule has 0 spiro atoms. The molecule has 0 aromatic heterocycles. The molecule has 1 aromatic rings. The quantitative estimate of drug-likeness (QED) is 0.898. The fourth-order valence-corrected chi connectivity index (χ4v) is 3.25. The minimum Gasteiger partial charge on any atom is -0.480 e. The molecule has 1 atom stereocenters. The fraction of sp³-hybridized carbons (Fsp3) is 0.588. The molecular formula is C17H25NO2. The highest BCUT2D eigenvalue weighted by Gasteiger charge is 2.31. The van der Waals surface area contributed by atoms with E-state index in [-0.39, 0.29) is 12.0 Å². The van der Waals surface area contributed by atoms with Gasteiger partial charge in [-0.2, -0.15) is 0 Å². The van der Waals surface area contributed by atoms with Gasteiger partial charge in [-0.25, -0.2) is 0 Å². The van der Waals surface area contributed by atoms with E-state index in [0.717, 1.165) is 32.4 Å². The predicted octanol–water partition coefficient (Wildman–Crippen LogP) is 3.05. The zero-order valence-electron chi connectivity index (χ0n) is 12.5. The Labute approximate surface area is 121 Å². The van der Waals surface area contributed by atoms with Crippen LogP contribution in [0.15, 0.2) is 30.3 Å². The molecule has 110 valence electrons. The fourth-order valence-electron chi connectivity index (χ4n) is 3.25. The highest BCUT2D eigenvalue weighted by molar-refractivity contribution is 5.73. The zero-order valence-corrected chi connectivity index (χ0v) is 12.5. The van der Waals surface area contributed by atoms with Crippen LogP contribution in [0.1, 0.15) is 32.3 Å². The van der Waals surface area contributed by atoms with E-state index in [1.807, 2.05) is 19.9 Å². The highest BCUT2D eigenvalue weighted by Crippen LogP contribution is 2.24. The van der Waals surface area contributed by atoms with Crippen LogP contribution in [0.25, 0.3) is 0 Å². The molecule has 0 bridgehead atoms. The maximum atomic E-state index is 11.4. The lowest BCUT2D eigenvalue weighted by atomic mass is 9.88. The van der Waals surface area contributed by atoms with E-state index in [9.17, 15) is 9.90 Å². The van der Waals surface area contributed by atoms with Gasteiger partial charge in [-0.3, -0.25) is 9.69 Å². The molecule has 1 fully saturated rings. The van der Waals surface area contributed by atoms with E-state index < -0.39 is 5.97 Å². The number of hydrogen-bond donors (Lipinski definition) is 1. The van der Waals surface area contributed by atoms with E-state index in [4.69, 9.17) is 0 Å². The summed E-state index contributed by atoms with van der Waals surface area (Å²) in [6.45, 7) is 5.81.